The summed E-state index contributed by atoms with van der Waals surface area (Å²) in [6, 6.07) is 0.532. The van der Waals surface area contributed by atoms with Gasteiger partial charge in [-0.15, -0.1) is 0 Å². The fourth-order valence-electron chi connectivity index (χ4n) is 4.47. The van der Waals surface area contributed by atoms with Crippen LogP contribution in [0.1, 0.15) is 119 Å². The minimum Gasteiger partial charge on any atom is -0.294 e. The Morgan fingerprint density at radius 1 is 1.04 bits per heavy atom. The van der Waals surface area contributed by atoms with Gasteiger partial charge in [-0.2, -0.15) is 0 Å². The molecular weight excluding hydrogens is 326 g/mol. The van der Waals surface area contributed by atoms with Gasteiger partial charge in [-0.25, -0.2) is 0 Å². The van der Waals surface area contributed by atoms with Crippen LogP contribution in [0, 0.1) is 23.7 Å². The van der Waals surface area contributed by atoms with Crippen LogP contribution in [0.3, 0.4) is 0 Å². The van der Waals surface area contributed by atoms with E-state index in [9.17, 15) is 0 Å². The molecule has 0 radical (unpaired) electrons. The Morgan fingerprint density at radius 3 is 2.30 bits per heavy atom. The minimum absolute atomic E-state index is 0.532. The summed E-state index contributed by atoms with van der Waals surface area (Å²) in [6.07, 6.45) is 16.8. The zero-order valence-corrected chi connectivity index (χ0v) is 19.7. The summed E-state index contributed by atoms with van der Waals surface area (Å²) in [5.74, 6) is 3.19. The second kappa shape index (κ2) is 13.6. The summed E-state index contributed by atoms with van der Waals surface area (Å²) in [4.78, 5) is 5.13. The molecule has 0 bridgehead atoms. The van der Waals surface area contributed by atoms with Crippen LogP contribution in [0.4, 0.5) is 0 Å². The molecule has 0 N–H and O–H groups in total. The summed E-state index contributed by atoms with van der Waals surface area (Å²) in [5, 5.41) is 0. The first kappa shape index (κ1) is 24.4. The van der Waals surface area contributed by atoms with Gasteiger partial charge < -0.3 is 0 Å². The first-order valence-electron chi connectivity index (χ1n) is 12.1. The van der Waals surface area contributed by atoms with Gasteiger partial charge in [0.05, 0.1) is 6.04 Å². The average Bonchev–Trinajstić information content (AvgIpc) is 3.40. The van der Waals surface area contributed by atoms with E-state index in [1.165, 1.54) is 70.6 Å². The molecule has 0 amide bonds. The van der Waals surface area contributed by atoms with Gasteiger partial charge in [0, 0.05) is 6.21 Å². The van der Waals surface area contributed by atoms with Crippen molar-refractivity contribution < 1.29 is 0 Å². The van der Waals surface area contributed by atoms with Crippen LogP contribution < -0.4 is 0 Å². The number of rotatable bonds is 15. The number of hydrogen-bond acceptors (Lipinski definition) is 1. The smallest absolute Gasteiger partial charge is 0.0521 e. The van der Waals surface area contributed by atoms with Crippen molar-refractivity contribution in [3.63, 3.8) is 0 Å². The lowest BCUT2D eigenvalue weighted by molar-refractivity contribution is 0.355. The summed E-state index contributed by atoms with van der Waals surface area (Å²) in [7, 11) is 0. The van der Waals surface area contributed by atoms with E-state index in [1.54, 1.807) is 11.1 Å². The van der Waals surface area contributed by atoms with E-state index in [-0.39, 0.29) is 0 Å². The van der Waals surface area contributed by atoms with E-state index < -0.39 is 0 Å². The van der Waals surface area contributed by atoms with E-state index in [4.69, 9.17) is 4.99 Å². The van der Waals surface area contributed by atoms with E-state index in [1.807, 2.05) is 0 Å². The lowest BCUT2D eigenvalue weighted by atomic mass is 9.88. The number of aliphatic imine (C=N–C) groups is 1. The second-order valence-corrected chi connectivity index (χ2v) is 9.63. The number of hydrogen-bond donors (Lipinski definition) is 0. The van der Waals surface area contributed by atoms with E-state index in [0.717, 1.165) is 17.8 Å². The monoisotopic (exact) mass is 375 g/mol. The zero-order chi connectivity index (χ0) is 20.2. The van der Waals surface area contributed by atoms with Gasteiger partial charge in [-0.1, -0.05) is 72.0 Å². The van der Waals surface area contributed by atoms with Crippen molar-refractivity contribution in [1.29, 1.82) is 0 Å². The minimum atomic E-state index is 0.532. The van der Waals surface area contributed by atoms with E-state index >= 15 is 0 Å². The van der Waals surface area contributed by atoms with Crippen LogP contribution in [0.15, 0.2) is 16.1 Å². The first-order chi connectivity index (χ1) is 12.9. The van der Waals surface area contributed by atoms with Crippen LogP contribution in [0.2, 0.25) is 0 Å². The van der Waals surface area contributed by atoms with E-state index in [0.29, 0.717) is 12.0 Å². The van der Waals surface area contributed by atoms with Gasteiger partial charge in [0.25, 0.3) is 0 Å². The molecule has 1 rings (SSSR count). The highest BCUT2D eigenvalue weighted by Crippen LogP contribution is 2.39. The Bertz CT molecular complexity index is 445. The third-order valence-corrected chi connectivity index (χ3v) is 6.67. The lowest BCUT2D eigenvalue weighted by Gasteiger charge is -2.23. The maximum absolute atomic E-state index is 5.13. The fourth-order valence-corrected chi connectivity index (χ4v) is 4.47. The molecule has 1 fully saturated rings. The lowest BCUT2D eigenvalue weighted by Crippen LogP contribution is -2.18. The number of allylic oxidation sites excluding steroid dienone is 2. The van der Waals surface area contributed by atoms with Gasteiger partial charge in [0.2, 0.25) is 0 Å². The highest BCUT2D eigenvalue weighted by molar-refractivity contribution is 5.64. The predicted molar refractivity (Wildman–Crippen MR) is 124 cm³/mol. The maximum atomic E-state index is 5.13. The van der Waals surface area contributed by atoms with Crippen LogP contribution in [-0.4, -0.2) is 12.3 Å². The maximum Gasteiger partial charge on any atom is 0.0521 e. The molecule has 1 aliphatic carbocycles. The molecular formula is C26H49N. The summed E-state index contributed by atoms with van der Waals surface area (Å²) >= 11 is 0. The zero-order valence-electron chi connectivity index (χ0n) is 19.7. The quantitative estimate of drug-likeness (QED) is 0.154. The molecule has 0 aromatic heterocycles. The van der Waals surface area contributed by atoms with Crippen LogP contribution in [0.5, 0.6) is 0 Å². The molecule has 0 aliphatic heterocycles. The molecule has 1 heteroatoms. The van der Waals surface area contributed by atoms with Crippen molar-refractivity contribution in [3.05, 3.63) is 11.1 Å². The van der Waals surface area contributed by atoms with Crippen molar-refractivity contribution in [3.8, 4) is 0 Å². The summed E-state index contributed by atoms with van der Waals surface area (Å²) in [5.41, 5.74) is 3.39. The fraction of sp³-hybridized carbons (Fsp3) is 0.885. The summed E-state index contributed by atoms with van der Waals surface area (Å²) in [6.45, 7) is 16.4. The Kier molecular flexibility index (Phi) is 12.3. The Labute approximate surface area is 171 Å². The highest BCUT2D eigenvalue weighted by atomic mass is 14.8. The summed E-state index contributed by atoms with van der Waals surface area (Å²) < 4.78 is 0. The Morgan fingerprint density at radius 2 is 1.74 bits per heavy atom. The molecule has 4 unspecified atom stereocenters. The molecule has 1 nitrogen and oxygen atoms in total. The molecule has 0 spiro atoms. The SMILES string of the molecule is CCCCCC(CCCC(N=CC1CC1CC)C(C)CC(C)C)=C(C)CC. The normalized spacial score (nSPS) is 23.0. The molecule has 1 aliphatic rings. The highest BCUT2D eigenvalue weighted by Gasteiger charge is 2.33. The van der Waals surface area contributed by atoms with Crippen LogP contribution in [0.25, 0.3) is 0 Å². The predicted octanol–water partition coefficient (Wildman–Crippen LogP) is 8.63. The van der Waals surface area contributed by atoms with Gasteiger partial charge >= 0.3 is 0 Å². The molecule has 27 heavy (non-hydrogen) atoms. The average molecular weight is 376 g/mol. The van der Waals surface area contributed by atoms with Gasteiger partial charge in [-0.3, -0.25) is 4.99 Å². The number of unbranched alkanes of at least 4 members (excludes halogenated alkanes) is 2. The van der Waals surface area contributed by atoms with E-state index in [2.05, 4.69) is 54.7 Å². The molecule has 158 valence electrons. The topological polar surface area (TPSA) is 12.4 Å². The van der Waals surface area contributed by atoms with Gasteiger partial charge in [-0.05, 0) is 82.0 Å². The first-order valence-corrected chi connectivity index (χ1v) is 12.1. The van der Waals surface area contributed by atoms with Gasteiger partial charge in [0.1, 0.15) is 0 Å². The standard InChI is InChI=1S/C26H49N/c1-8-11-12-14-24(21(6)9-2)15-13-16-26(22(7)17-20(4)5)27-19-25-18-23(25)10-3/h19-20,22-23,25-26H,8-18H2,1-7H3. The van der Waals surface area contributed by atoms with Crippen molar-refractivity contribution in [1.82, 2.24) is 0 Å². The largest absolute Gasteiger partial charge is 0.294 e. The molecule has 1 saturated carbocycles. The second-order valence-electron chi connectivity index (χ2n) is 9.63. The third-order valence-electron chi connectivity index (χ3n) is 6.67. The molecule has 0 aromatic carbocycles. The third kappa shape index (κ3) is 9.95. The molecule has 0 aromatic rings. The molecule has 0 heterocycles. The van der Waals surface area contributed by atoms with Crippen molar-refractivity contribution in [2.75, 3.05) is 0 Å². The van der Waals surface area contributed by atoms with Crippen LogP contribution in [-0.2, 0) is 0 Å². The van der Waals surface area contributed by atoms with Crippen molar-refractivity contribution >= 4 is 6.21 Å². The Hall–Kier alpha value is -0.590. The molecule has 4 atom stereocenters. The van der Waals surface area contributed by atoms with Gasteiger partial charge in [0.15, 0.2) is 0 Å². The van der Waals surface area contributed by atoms with Crippen molar-refractivity contribution in [2.24, 2.45) is 28.7 Å². The van der Waals surface area contributed by atoms with Crippen LogP contribution >= 0.6 is 0 Å². The number of nitrogens with zero attached hydrogens (tertiary/aromatic N) is 1. The van der Waals surface area contributed by atoms with Crippen molar-refractivity contribution in [2.45, 2.75) is 125 Å². The molecule has 0 saturated heterocycles. The Balaban J connectivity index is 2.59.